The maximum Gasteiger partial charge on any atom is 0.419 e. The Kier molecular flexibility index (Phi) is 4.04. The molecule has 0 radical (unpaired) electrons. The van der Waals surface area contributed by atoms with E-state index in [4.69, 9.17) is 9.52 Å². The maximum absolute atomic E-state index is 11.7. The zero-order valence-electron chi connectivity index (χ0n) is 10.9. The van der Waals surface area contributed by atoms with Crippen LogP contribution in [0.2, 0.25) is 0 Å². The summed E-state index contributed by atoms with van der Waals surface area (Å²) in [4.78, 5) is 22.7. The molecule has 1 N–H and O–H groups in total. The predicted molar refractivity (Wildman–Crippen MR) is 71.6 cm³/mol. The van der Waals surface area contributed by atoms with E-state index in [1.54, 1.807) is 0 Å². The second kappa shape index (κ2) is 5.73. The molecule has 0 atom stereocenters. The number of carboxylic acid groups (broad SMARTS) is 1. The van der Waals surface area contributed by atoms with Crippen molar-refractivity contribution in [1.82, 2.24) is 4.57 Å². The second-order valence-electron chi connectivity index (χ2n) is 4.57. The minimum absolute atomic E-state index is 0.163. The number of hydrogen-bond acceptors (Lipinski definition) is 3. The molecule has 0 unspecified atom stereocenters. The zero-order chi connectivity index (χ0) is 13.8. The quantitative estimate of drug-likeness (QED) is 0.813. The van der Waals surface area contributed by atoms with E-state index >= 15 is 0 Å². The summed E-state index contributed by atoms with van der Waals surface area (Å²) in [5.74, 6) is -1.43. The van der Waals surface area contributed by atoms with Gasteiger partial charge < -0.3 is 9.52 Å². The monoisotopic (exact) mass is 263 g/mol. The third-order valence-corrected chi connectivity index (χ3v) is 3.15. The Morgan fingerprint density at radius 3 is 2.79 bits per heavy atom. The molecule has 5 heteroatoms. The maximum atomic E-state index is 11.7. The van der Waals surface area contributed by atoms with Gasteiger partial charge in [-0.25, -0.2) is 9.59 Å². The van der Waals surface area contributed by atoms with Crippen LogP contribution < -0.4 is 5.76 Å². The Labute approximate surface area is 110 Å². The molecule has 1 aromatic carbocycles. The van der Waals surface area contributed by atoms with Gasteiger partial charge in [0, 0.05) is 6.54 Å². The SMILES string of the molecule is CCCCCCn1c(=O)oc2ccc(C(=O)O)cc21. The van der Waals surface area contributed by atoms with Crippen molar-refractivity contribution < 1.29 is 14.3 Å². The molecule has 19 heavy (non-hydrogen) atoms. The van der Waals surface area contributed by atoms with Crippen molar-refractivity contribution in [1.29, 1.82) is 0 Å². The number of nitrogens with zero attached hydrogens (tertiary/aromatic N) is 1. The topological polar surface area (TPSA) is 72.4 Å². The molecule has 0 bridgehead atoms. The molecule has 0 fully saturated rings. The van der Waals surface area contributed by atoms with Crippen LogP contribution in [0.5, 0.6) is 0 Å². The number of aromatic nitrogens is 1. The van der Waals surface area contributed by atoms with Crippen molar-refractivity contribution in [3.63, 3.8) is 0 Å². The van der Waals surface area contributed by atoms with Crippen LogP contribution in [0.3, 0.4) is 0 Å². The lowest BCUT2D eigenvalue weighted by Gasteiger charge is -2.02. The van der Waals surface area contributed by atoms with Crippen molar-refractivity contribution in [2.75, 3.05) is 0 Å². The molecule has 0 aliphatic carbocycles. The summed E-state index contributed by atoms with van der Waals surface area (Å²) >= 11 is 0. The number of aryl methyl sites for hydroxylation is 1. The smallest absolute Gasteiger partial charge is 0.419 e. The van der Waals surface area contributed by atoms with Gasteiger partial charge in [-0.1, -0.05) is 26.2 Å². The van der Waals surface area contributed by atoms with Crippen molar-refractivity contribution in [3.05, 3.63) is 34.3 Å². The minimum Gasteiger partial charge on any atom is -0.478 e. The Balaban J connectivity index is 2.30. The first kappa shape index (κ1) is 13.4. The van der Waals surface area contributed by atoms with Crippen LogP contribution in [0.1, 0.15) is 43.0 Å². The summed E-state index contributed by atoms with van der Waals surface area (Å²) in [5, 5.41) is 8.97. The zero-order valence-corrected chi connectivity index (χ0v) is 10.9. The van der Waals surface area contributed by atoms with Crippen LogP contribution >= 0.6 is 0 Å². The number of unbranched alkanes of at least 4 members (excludes halogenated alkanes) is 3. The van der Waals surface area contributed by atoms with E-state index in [9.17, 15) is 9.59 Å². The summed E-state index contributed by atoms with van der Waals surface area (Å²) in [5.41, 5.74) is 1.16. The average Bonchev–Trinajstić information content (AvgIpc) is 2.70. The highest BCUT2D eigenvalue weighted by molar-refractivity contribution is 5.91. The van der Waals surface area contributed by atoms with Gasteiger partial charge in [-0.15, -0.1) is 0 Å². The molecule has 0 saturated heterocycles. The van der Waals surface area contributed by atoms with Crippen molar-refractivity contribution in [3.8, 4) is 0 Å². The minimum atomic E-state index is -1.01. The summed E-state index contributed by atoms with van der Waals surface area (Å²) in [6.07, 6.45) is 4.20. The first-order chi connectivity index (χ1) is 9.13. The highest BCUT2D eigenvalue weighted by Crippen LogP contribution is 2.16. The number of hydrogen-bond donors (Lipinski definition) is 1. The van der Waals surface area contributed by atoms with Gasteiger partial charge in [0.05, 0.1) is 11.1 Å². The third kappa shape index (κ3) is 2.86. The molecule has 0 saturated carbocycles. The third-order valence-electron chi connectivity index (χ3n) is 3.15. The van der Waals surface area contributed by atoms with E-state index < -0.39 is 11.7 Å². The number of rotatable bonds is 6. The van der Waals surface area contributed by atoms with Crippen LogP contribution in [-0.2, 0) is 6.54 Å². The van der Waals surface area contributed by atoms with Gasteiger partial charge >= 0.3 is 11.7 Å². The van der Waals surface area contributed by atoms with Crippen molar-refractivity contribution in [2.24, 2.45) is 0 Å². The second-order valence-corrected chi connectivity index (χ2v) is 4.57. The Morgan fingerprint density at radius 2 is 2.11 bits per heavy atom. The lowest BCUT2D eigenvalue weighted by molar-refractivity contribution is 0.0697. The van der Waals surface area contributed by atoms with Gasteiger partial charge in [0.2, 0.25) is 0 Å². The highest BCUT2D eigenvalue weighted by atomic mass is 16.4. The van der Waals surface area contributed by atoms with E-state index in [1.807, 2.05) is 0 Å². The summed E-state index contributed by atoms with van der Waals surface area (Å²) in [7, 11) is 0. The fourth-order valence-corrected chi connectivity index (χ4v) is 2.10. The molecule has 0 amide bonds. The van der Waals surface area contributed by atoms with Gasteiger partial charge in [0.25, 0.3) is 0 Å². The molecule has 1 heterocycles. The van der Waals surface area contributed by atoms with Crippen LogP contribution in [-0.4, -0.2) is 15.6 Å². The lowest BCUT2D eigenvalue weighted by atomic mass is 10.2. The van der Waals surface area contributed by atoms with E-state index in [0.29, 0.717) is 17.6 Å². The van der Waals surface area contributed by atoms with E-state index in [1.165, 1.54) is 22.8 Å². The standard InChI is InChI=1S/C14H17NO4/c1-2-3-4-5-8-15-11-9-10(13(16)17)6-7-12(11)19-14(15)18/h6-7,9H,2-5,8H2,1H3,(H,16,17). The van der Waals surface area contributed by atoms with Crippen LogP contribution in [0.25, 0.3) is 11.1 Å². The Morgan fingerprint density at radius 1 is 1.32 bits per heavy atom. The number of aromatic carboxylic acids is 1. The van der Waals surface area contributed by atoms with E-state index in [0.717, 1.165) is 25.7 Å². The van der Waals surface area contributed by atoms with Gasteiger partial charge in [-0.2, -0.15) is 0 Å². The molecule has 2 aromatic rings. The van der Waals surface area contributed by atoms with E-state index in [2.05, 4.69) is 6.92 Å². The van der Waals surface area contributed by atoms with Crippen molar-refractivity contribution in [2.45, 2.75) is 39.2 Å². The summed E-state index contributed by atoms with van der Waals surface area (Å²) in [6, 6.07) is 4.46. The number of benzene rings is 1. The molecular formula is C14H17NO4. The molecule has 0 spiro atoms. The van der Waals surface area contributed by atoms with Gasteiger partial charge in [-0.05, 0) is 24.6 Å². The van der Waals surface area contributed by atoms with Crippen molar-refractivity contribution >= 4 is 17.1 Å². The van der Waals surface area contributed by atoms with Gasteiger partial charge in [-0.3, -0.25) is 4.57 Å². The number of carbonyl (C=O) groups is 1. The largest absolute Gasteiger partial charge is 0.478 e. The normalized spacial score (nSPS) is 11.0. The molecule has 0 aliphatic rings. The molecular weight excluding hydrogens is 246 g/mol. The fourth-order valence-electron chi connectivity index (χ4n) is 2.10. The van der Waals surface area contributed by atoms with Crippen LogP contribution in [0, 0.1) is 0 Å². The summed E-state index contributed by atoms with van der Waals surface area (Å²) < 4.78 is 6.62. The number of fused-ring (bicyclic) bond motifs is 1. The predicted octanol–water partition coefficient (Wildman–Crippen LogP) is 2.87. The van der Waals surface area contributed by atoms with Crippen LogP contribution in [0.15, 0.2) is 27.4 Å². The molecule has 0 aliphatic heterocycles. The number of carboxylic acids is 1. The van der Waals surface area contributed by atoms with Crippen LogP contribution in [0.4, 0.5) is 0 Å². The first-order valence-corrected chi connectivity index (χ1v) is 6.50. The molecule has 1 aromatic heterocycles. The molecule has 2 rings (SSSR count). The molecule has 5 nitrogen and oxygen atoms in total. The van der Waals surface area contributed by atoms with Gasteiger partial charge in [0.15, 0.2) is 5.58 Å². The average molecular weight is 263 g/mol. The fraction of sp³-hybridized carbons (Fsp3) is 0.429. The first-order valence-electron chi connectivity index (χ1n) is 6.50. The highest BCUT2D eigenvalue weighted by Gasteiger charge is 2.11. The van der Waals surface area contributed by atoms with Gasteiger partial charge in [0.1, 0.15) is 0 Å². The lowest BCUT2D eigenvalue weighted by Crippen LogP contribution is -2.14. The Bertz CT molecular complexity index is 638. The molecule has 102 valence electrons. The summed E-state index contributed by atoms with van der Waals surface area (Å²) in [6.45, 7) is 2.69. The number of oxazole rings is 1. The Hall–Kier alpha value is -2.04. The van der Waals surface area contributed by atoms with E-state index in [-0.39, 0.29) is 5.56 Å².